The molecule has 1 aliphatic rings. The van der Waals surface area contributed by atoms with E-state index >= 15 is 0 Å². The zero-order valence-corrected chi connectivity index (χ0v) is 7.53. The molecule has 0 bridgehead atoms. The van der Waals surface area contributed by atoms with E-state index in [0.717, 1.165) is 16.9 Å². The Bertz CT molecular complexity index is 325. The second kappa shape index (κ2) is 3.01. The first-order chi connectivity index (χ1) is 6.18. The fourth-order valence-electron chi connectivity index (χ4n) is 1.53. The third kappa shape index (κ3) is 1.41. The molecule has 1 aromatic carbocycles. The monoisotopic (exact) mass is 179 g/mol. The number of aliphatic hydroxyl groups is 1. The lowest BCUT2D eigenvalue weighted by atomic mass is 9.98. The van der Waals surface area contributed by atoms with Crippen molar-refractivity contribution in [1.29, 1.82) is 0 Å². The minimum Gasteiger partial charge on any atom is -0.490 e. The molecule has 0 amide bonds. The van der Waals surface area contributed by atoms with Crippen molar-refractivity contribution in [2.75, 3.05) is 6.61 Å². The first kappa shape index (κ1) is 8.53. The number of ether oxygens (including phenoxy) is 1. The molecule has 0 saturated heterocycles. The van der Waals surface area contributed by atoms with E-state index < -0.39 is 6.10 Å². The van der Waals surface area contributed by atoms with Gasteiger partial charge in [0.15, 0.2) is 0 Å². The number of aryl methyl sites for hydroxylation is 1. The van der Waals surface area contributed by atoms with Crippen LogP contribution in [0.4, 0.5) is 0 Å². The molecule has 0 saturated carbocycles. The van der Waals surface area contributed by atoms with Gasteiger partial charge in [-0.3, -0.25) is 0 Å². The Balaban J connectivity index is 2.44. The molecular weight excluding hydrogens is 166 g/mol. The Morgan fingerprint density at radius 2 is 2.31 bits per heavy atom. The van der Waals surface area contributed by atoms with Gasteiger partial charge >= 0.3 is 0 Å². The summed E-state index contributed by atoms with van der Waals surface area (Å²) < 4.78 is 5.36. The molecule has 1 aliphatic heterocycles. The Morgan fingerprint density at radius 1 is 1.54 bits per heavy atom. The van der Waals surface area contributed by atoms with Gasteiger partial charge in [-0.15, -0.1) is 0 Å². The van der Waals surface area contributed by atoms with Crippen LogP contribution in [0.5, 0.6) is 5.75 Å². The fraction of sp³-hybridized carbons (Fsp3) is 0.400. The predicted molar refractivity (Wildman–Crippen MR) is 49.6 cm³/mol. The highest BCUT2D eigenvalue weighted by Gasteiger charge is 2.25. The van der Waals surface area contributed by atoms with Gasteiger partial charge in [0.2, 0.25) is 0 Å². The maximum absolute atomic E-state index is 9.44. The molecule has 2 rings (SSSR count). The first-order valence-electron chi connectivity index (χ1n) is 4.35. The van der Waals surface area contributed by atoms with Crippen LogP contribution in [-0.2, 0) is 0 Å². The van der Waals surface area contributed by atoms with Crippen molar-refractivity contribution in [3.63, 3.8) is 0 Å². The molecule has 1 aromatic rings. The smallest absolute Gasteiger partial charge is 0.124 e. The third-order valence-corrected chi connectivity index (χ3v) is 2.35. The average Bonchev–Trinajstić information content (AvgIpc) is 2.12. The van der Waals surface area contributed by atoms with E-state index in [2.05, 4.69) is 0 Å². The van der Waals surface area contributed by atoms with Gasteiger partial charge in [0.1, 0.15) is 18.5 Å². The van der Waals surface area contributed by atoms with E-state index in [1.54, 1.807) is 0 Å². The summed E-state index contributed by atoms with van der Waals surface area (Å²) in [4.78, 5) is 0. The summed E-state index contributed by atoms with van der Waals surface area (Å²) in [5.74, 6) is 0.804. The second-order valence-corrected chi connectivity index (χ2v) is 3.45. The number of hydrogen-bond donors (Lipinski definition) is 2. The van der Waals surface area contributed by atoms with Gasteiger partial charge in [-0.1, -0.05) is 12.1 Å². The number of aliphatic hydroxyl groups excluding tert-OH is 1. The Morgan fingerprint density at radius 3 is 3.08 bits per heavy atom. The standard InChI is InChI=1S/C10H13NO2/c1-6-2-3-7-9(4-6)13-5-8(12)10(7)11/h2-4,8,10,12H,5,11H2,1H3/t8-,10+/m1/s1. The number of nitrogens with two attached hydrogens (primary N) is 1. The molecule has 1 heterocycles. The van der Waals surface area contributed by atoms with Crippen LogP contribution in [0, 0.1) is 6.92 Å². The lowest BCUT2D eigenvalue weighted by Crippen LogP contribution is -2.35. The van der Waals surface area contributed by atoms with Crippen LogP contribution in [-0.4, -0.2) is 17.8 Å². The van der Waals surface area contributed by atoms with E-state index in [-0.39, 0.29) is 12.6 Å². The molecule has 0 radical (unpaired) electrons. The molecule has 0 aliphatic carbocycles. The third-order valence-electron chi connectivity index (χ3n) is 2.35. The van der Waals surface area contributed by atoms with Crippen LogP contribution < -0.4 is 10.5 Å². The molecule has 0 fully saturated rings. The van der Waals surface area contributed by atoms with Crippen molar-refractivity contribution in [2.24, 2.45) is 5.73 Å². The highest BCUT2D eigenvalue weighted by molar-refractivity contribution is 5.41. The van der Waals surface area contributed by atoms with Crippen LogP contribution >= 0.6 is 0 Å². The Hall–Kier alpha value is -1.06. The van der Waals surface area contributed by atoms with E-state index in [4.69, 9.17) is 10.5 Å². The molecule has 3 nitrogen and oxygen atoms in total. The summed E-state index contributed by atoms with van der Waals surface area (Å²) in [5, 5.41) is 9.44. The topological polar surface area (TPSA) is 55.5 Å². The first-order valence-corrected chi connectivity index (χ1v) is 4.35. The van der Waals surface area contributed by atoms with Gasteiger partial charge in [-0.05, 0) is 18.6 Å². The largest absolute Gasteiger partial charge is 0.490 e. The molecule has 0 aromatic heterocycles. The number of benzene rings is 1. The summed E-state index contributed by atoms with van der Waals surface area (Å²) >= 11 is 0. The summed E-state index contributed by atoms with van der Waals surface area (Å²) in [6.07, 6.45) is -0.588. The highest BCUT2D eigenvalue weighted by Crippen LogP contribution is 2.31. The summed E-state index contributed by atoms with van der Waals surface area (Å²) in [7, 11) is 0. The molecule has 13 heavy (non-hydrogen) atoms. The lowest BCUT2D eigenvalue weighted by Gasteiger charge is -2.27. The minimum absolute atomic E-state index is 0.289. The van der Waals surface area contributed by atoms with Crippen LogP contribution in [0.2, 0.25) is 0 Å². The molecule has 3 N–H and O–H groups in total. The molecule has 2 atom stereocenters. The van der Waals surface area contributed by atoms with Gasteiger partial charge < -0.3 is 15.6 Å². The number of fused-ring (bicyclic) bond motifs is 1. The summed E-state index contributed by atoms with van der Waals surface area (Å²) in [6, 6.07) is 5.52. The van der Waals surface area contributed by atoms with Crippen LogP contribution in [0.1, 0.15) is 17.2 Å². The number of hydrogen-bond acceptors (Lipinski definition) is 3. The van der Waals surface area contributed by atoms with Crippen molar-refractivity contribution in [3.8, 4) is 5.75 Å². The zero-order chi connectivity index (χ0) is 9.42. The van der Waals surface area contributed by atoms with Gasteiger partial charge in [0.05, 0.1) is 6.04 Å². The van der Waals surface area contributed by atoms with Gasteiger partial charge in [0.25, 0.3) is 0 Å². The van der Waals surface area contributed by atoms with Crippen LogP contribution in [0.15, 0.2) is 18.2 Å². The second-order valence-electron chi connectivity index (χ2n) is 3.45. The van der Waals surface area contributed by atoms with E-state index in [0.29, 0.717) is 0 Å². The molecule has 0 spiro atoms. The molecular formula is C10H13NO2. The summed E-state index contributed by atoms with van der Waals surface area (Å²) in [6.45, 7) is 2.29. The van der Waals surface area contributed by atoms with Crippen molar-refractivity contribution in [1.82, 2.24) is 0 Å². The number of rotatable bonds is 0. The van der Waals surface area contributed by atoms with Crippen LogP contribution in [0.3, 0.4) is 0 Å². The maximum atomic E-state index is 9.44. The van der Waals surface area contributed by atoms with Crippen molar-refractivity contribution in [3.05, 3.63) is 29.3 Å². The highest BCUT2D eigenvalue weighted by atomic mass is 16.5. The van der Waals surface area contributed by atoms with E-state index in [1.807, 2.05) is 25.1 Å². The Labute approximate surface area is 77.1 Å². The minimum atomic E-state index is -0.588. The maximum Gasteiger partial charge on any atom is 0.124 e. The van der Waals surface area contributed by atoms with Gasteiger partial charge in [-0.25, -0.2) is 0 Å². The van der Waals surface area contributed by atoms with Crippen molar-refractivity contribution >= 4 is 0 Å². The average molecular weight is 179 g/mol. The SMILES string of the molecule is Cc1ccc2c(c1)OC[C@@H](O)[C@H]2N. The van der Waals surface area contributed by atoms with Crippen molar-refractivity contribution in [2.45, 2.75) is 19.1 Å². The Kier molecular flexibility index (Phi) is 1.98. The zero-order valence-electron chi connectivity index (χ0n) is 7.53. The van der Waals surface area contributed by atoms with E-state index in [9.17, 15) is 5.11 Å². The predicted octanol–water partition coefficient (Wildman–Crippen LogP) is 0.748. The summed E-state index contributed by atoms with van der Waals surface area (Å²) in [5.41, 5.74) is 7.84. The molecule has 0 unspecified atom stereocenters. The van der Waals surface area contributed by atoms with Crippen LogP contribution in [0.25, 0.3) is 0 Å². The van der Waals surface area contributed by atoms with E-state index in [1.165, 1.54) is 0 Å². The molecule has 70 valence electrons. The quantitative estimate of drug-likeness (QED) is 0.618. The normalized spacial score (nSPS) is 26.4. The molecule has 3 heteroatoms. The van der Waals surface area contributed by atoms with Crippen molar-refractivity contribution < 1.29 is 9.84 Å². The fourth-order valence-corrected chi connectivity index (χ4v) is 1.53. The van der Waals surface area contributed by atoms with Gasteiger partial charge in [0, 0.05) is 5.56 Å². The van der Waals surface area contributed by atoms with Gasteiger partial charge in [-0.2, -0.15) is 0 Å². The lowest BCUT2D eigenvalue weighted by molar-refractivity contribution is 0.0678.